The molecule has 2 aromatic rings. The van der Waals surface area contributed by atoms with Crippen LogP contribution in [-0.4, -0.2) is 30.8 Å². The summed E-state index contributed by atoms with van der Waals surface area (Å²) in [4.78, 5) is 4.18. The molecular formula is C11H13N3O3S. The van der Waals surface area contributed by atoms with Crippen LogP contribution in [0.2, 0.25) is 0 Å². The van der Waals surface area contributed by atoms with Gasteiger partial charge in [0, 0.05) is 13.1 Å². The molecule has 3 rings (SSSR count). The Morgan fingerprint density at radius 3 is 2.72 bits per heavy atom. The van der Waals surface area contributed by atoms with Crippen molar-refractivity contribution < 1.29 is 12.8 Å². The van der Waals surface area contributed by atoms with Crippen LogP contribution in [-0.2, 0) is 10.0 Å². The molecular weight excluding hydrogens is 254 g/mol. The topological polar surface area (TPSA) is 89.4 Å². The molecule has 2 heterocycles. The van der Waals surface area contributed by atoms with Crippen LogP contribution in [0, 0.1) is 0 Å². The molecule has 7 heteroatoms. The molecule has 1 aromatic carbocycles. The number of fused-ring (bicyclic) bond motifs is 1. The van der Waals surface area contributed by atoms with Crippen LogP contribution in [0.15, 0.2) is 27.5 Å². The highest BCUT2D eigenvalue weighted by atomic mass is 32.2. The summed E-state index contributed by atoms with van der Waals surface area (Å²) >= 11 is 0. The van der Waals surface area contributed by atoms with Gasteiger partial charge in [-0.2, -0.15) is 9.29 Å². The summed E-state index contributed by atoms with van der Waals surface area (Å²) in [6, 6.07) is 4.66. The van der Waals surface area contributed by atoms with Crippen molar-refractivity contribution in [3.8, 4) is 0 Å². The Bertz CT molecular complexity index is 687. The lowest BCUT2D eigenvalue weighted by atomic mass is 10.3. The van der Waals surface area contributed by atoms with Crippen LogP contribution in [0.4, 0.5) is 6.01 Å². The molecule has 6 nitrogen and oxygen atoms in total. The van der Waals surface area contributed by atoms with Crippen molar-refractivity contribution in [3.63, 3.8) is 0 Å². The molecule has 96 valence electrons. The van der Waals surface area contributed by atoms with Gasteiger partial charge in [-0.05, 0) is 31.0 Å². The van der Waals surface area contributed by atoms with E-state index in [2.05, 4.69) is 4.98 Å². The molecule has 0 aliphatic carbocycles. The second-order valence-corrected chi connectivity index (χ2v) is 6.23. The largest absolute Gasteiger partial charge is 0.424 e. The third-order valence-corrected chi connectivity index (χ3v) is 4.97. The van der Waals surface area contributed by atoms with E-state index in [9.17, 15) is 8.42 Å². The maximum Gasteiger partial charge on any atom is 0.292 e. The van der Waals surface area contributed by atoms with Crippen molar-refractivity contribution in [3.05, 3.63) is 18.2 Å². The van der Waals surface area contributed by atoms with Gasteiger partial charge in [0.1, 0.15) is 5.52 Å². The first-order valence-corrected chi connectivity index (χ1v) is 7.17. The highest BCUT2D eigenvalue weighted by Crippen LogP contribution is 2.25. The molecule has 0 unspecified atom stereocenters. The van der Waals surface area contributed by atoms with Gasteiger partial charge >= 0.3 is 0 Å². The molecule has 0 saturated carbocycles. The van der Waals surface area contributed by atoms with Crippen molar-refractivity contribution in [2.24, 2.45) is 0 Å². The number of nitrogen functional groups attached to an aromatic ring is 1. The molecule has 1 aliphatic rings. The van der Waals surface area contributed by atoms with E-state index in [0.717, 1.165) is 12.8 Å². The van der Waals surface area contributed by atoms with E-state index in [-0.39, 0.29) is 10.9 Å². The zero-order chi connectivity index (χ0) is 12.8. The smallest absolute Gasteiger partial charge is 0.292 e. The van der Waals surface area contributed by atoms with E-state index in [1.807, 2.05) is 0 Å². The lowest BCUT2D eigenvalue weighted by Gasteiger charge is -2.14. The lowest BCUT2D eigenvalue weighted by Crippen LogP contribution is -2.27. The first-order chi connectivity index (χ1) is 8.57. The number of nitrogens with two attached hydrogens (primary N) is 1. The fourth-order valence-electron chi connectivity index (χ4n) is 2.16. The van der Waals surface area contributed by atoms with Crippen molar-refractivity contribution in [1.29, 1.82) is 0 Å². The second-order valence-electron chi connectivity index (χ2n) is 4.29. The summed E-state index contributed by atoms with van der Waals surface area (Å²) in [5, 5.41) is 0. The Kier molecular flexibility index (Phi) is 2.53. The number of hydrogen-bond acceptors (Lipinski definition) is 5. The van der Waals surface area contributed by atoms with Gasteiger partial charge < -0.3 is 10.2 Å². The Balaban J connectivity index is 2.07. The normalized spacial score (nSPS) is 17.6. The Hall–Kier alpha value is -1.60. The van der Waals surface area contributed by atoms with Crippen molar-refractivity contribution >= 4 is 27.1 Å². The highest BCUT2D eigenvalue weighted by Gasteiger charge is 2.27. The molecule has 0 bridgehead atoms. The summed E-state index contributed by atoms with van der Waals surface area (Å²) in [6.07, 6.45) is 1.83. The molecule has 0 amide bonds. The van der Waals surface area contributed by atoms with Crippen LogP contribution < -0.4 is 5.73 Å². The SMILES string of the molecule is Nc1nc2cc(S(=O)(=O)N3CCCC3)ccc2o1. The number of anilines is 1. The molecule has 0 radical (unpaired) electrons. The molecule has 0 atom stereocenters. The third-order valence-electron chi connectivity index (χ3n) is 3.08. The molecule has 18 heavy (non-hydrogen) atoms. The molecule has 1 fully saturated rings. The van der Waals surface area contributed by atoms with E-state index >= 15 is 0 Å². The maximum atomic E-state index is 12.3. The van der Waals surface area contributed by atoms with Crippen LogP contribution in [0.1, 0.15) is 12.8 Å². The van der Waals surface area contributed by atoms with Gasteiger partial charge in [0.15, 0.2) is 5.58 Å². The number of hydrogen-bond donors (Lipinski definition) is 1. The summed E-state index contributed by atoms with van der Waals surface area (Å²) in [5.41, 5.74) is 6.39. The Morgan fingerprint density at radius 1 is 1.28 bits per heavy atom. The summed E-state index contributed by atoms with van der Waals surface area (Å²) < 4.78 is 31.3. The minimum Gasteiger partial charge on any atom is -0.424 e. The van der Waals surface area contributed by atoms with E-state index in [1.165, 1.54) is 16.4 Å². The predicted octanol–water partition coefficient (Wildman–Crippen LogP) is 1.19. The first-order valence-electron chi connectivity index (χ1n) is 5.73. The minimum absolute atomic E-state index is 0.0423. The summed E-state index contributed by atoms with van der Waals surface area (Å²) in [5.74, 6) is 0. The van der Waals surface area contributed by atoms with E-state index in [4.69, 9.17) is 10.2 Å². The van der Waals surface area contributed by atoms with E-state index < -0.39 is 10.0 Å². The quantitative estimate of drug-likeness (QED) is 0.882. The van der Waals surface area contributed by atoms with Gasteiger partial charge in [-0.25, -0.2) is 8.42 Å². The van der Waals surface area contributed by atoms with Crippen molar-refractivity contribution in [2.75, 3.05) is 18.8 Å². The van der Waals surface area contributed by atoms with Crippen molar-refractivity contribution in [2.45, 2.75) is 17.7 Å². The molecule has 1 saturated heterocycles. The number of oxazole rings is 1. The number of nitrogens with zero attached hydrogens (tertiary/aromatic N) is 2. The monoisotopic (exact) mass is 267 g/mol. The number of rotatable bonds is 2. The molecule has 0 spiro atoms. The van der Waals surface area contributed by atoms with Gasteiger partial charge in [0.25, 0.3) is 6.01 Å². The van der Waals surface area contributed by atoms with Crippen LogP contribution in [0.5, 0.6) is 0 Å². The molecule has 1 aliphatic heterocycles. The first kappa shape index (κ1) is 11.5. The predicted molar refractivity (Wildman–Crippen MR) is 66.4 cm³/mol. The van der Waals surface area contributed by atoms with Gasteiger partial charge in [-0.3, -0.25) is 0 Å². The fraction of sp³-hybridized carbons (Fsp3) is 0.364. The minimum atomic E-state index is -3.41. The van der Waals surface area contributed by atoms with Gasteiger partial charge in [0.05, 0.1) is 4.90 Å². The zero-order valence-corrected chi connectivity index (χ0v) is 10.5. The second kappa shape index (κ2) is 3.96. The van der Waals surface area contributed by atoms with Crippen molar-refractivity contribution in [1.82, 2.24) is 9.29 Å². The molecule has 2 N–H and O–H groups in total. The van der Waals surface area contributed by atoms with E-state index in [0.29, 0.717) is 24.2 Å². The standard InChI is InChI=1S/C11H13N3O3S/c12-11-13-9-7-8(3-4-10(9)17-11)18(15,16)14-5-1-2-6-14/h3-4,7H,1-2,5-6H2,(H2,12,13). The van der Waals surface area contributed by atoms with Gasteiger partial charge in [-0.15, -0.1) is 0 Å². The van der Waals surface area contributed by atoms with Gasteiger partial charge in [-0.1, -0.05) is 0 Å². The maximum absolute atomic E-state index is 12.3. The lowest BCUT2D eigenvalue weighted by molar-refractivity contribution is 0.477. The van der Waals surface area contributed by atoms with Crippen LogP contribution in [0.25, 0.3) is 11.1 Å². The third kappa shape index (κ3) is 1.75. The van der Waals surface area contributed by atoms with Crippen LogP contribution >= 0.6 is 0 Å². The number of aromatic nitrogens is 1. The fourth-order valence-corrected chi connectivity index (χ4v) is 3.70. The Labute approximate surface area is 104 Å². The van der Waals surface area contributed by atoms with Gasteiger partial charge in [0.2, 0.25) is 10.0 Å². The Morgan fingerprint density at radius 2 is 2.00 bits per heavy atom. The summed E-state index contributed by atoms with van der Waals surface area (Å²) in [7, 11) is -3.41. The van der Waals surface area contributed by atoms with E-state index in [1.54, 1.807) is 6.07 Å². The molecule has 1 aromatic heterocycles. The zero-order valence-electron chi connectivity index (χ0n) is 9.67. The average Bonchev–Trinajstić information content (AvgIpc) is 2.95. The highest BCUT2D eigenvalue weighted by molar-refractivity contribution is 7.89. The number of sulfonamides is 1. The number of benzene rings is 1. The summed E-state index contributed by atoms with van der Waals surface area (Å²) in [6.45, 7) is 1.17. The van der Waals surface area contributed by atoms with Crippen LogP contribution in [0.3, 0.4) is 0 Å². The average molecular weight is 267 g/mol.